The minimum absolute atomic E-state index is 0.148. The molecule has 0 aliphatic rings. The van der Waals surface area contributed by atoms with Gasteiger partial charge in [-0.25, -0.2) is 9.18 Å². The Kier molecular flexibility index (Phi) is 6.41. The molecule has 5 heteroatoms. The van der Waals surface area contributed by atoms with E-state index < -0.39 is 6.09 Å². The molecule has 4 nitrogen and oxygen atoms in total. The number of rotatable bonds is 7. The second-order valence-electron chi connectivity index (χ2n) is 5.00. The lowest BCUT2D eigenvalue weighted by Crippen LogP contribution is -2.27. The van der Waals surface area contributed by atoms with Crippen LogP contribution < -0.4 is 10.1 Å². The van der Waals surface area contributed by atoms with Gasteiger partial charge in [-0.2, -0.15) is 0 Å². The van der Waals surface area contributed by atoms with E-state index in [4.69, 9.17) is 9.47 Å². The minimum atomic E-state index is -0.491. The van der Waals surface area contributed by atoms with E-state index in [9.17, 15) is 9.18 Å². The first-order chi connectivity index (χ1) is 11.2. The number of methoxy groups -OCH3 is 1. The van der Waals surface area contributed by atoms with Crippen molar-refractivity contribution in [3.05, 3.63) is 65.5 Å². The van der Waals surface area contributed by atoms with Crippen molar-refractivity contribution >= 4 is 6.09 Å². The third-order valence-electron chi connectivity index (χ3n) is 3.40. The van der Waals surface area contributed by atoms with Gasteiger partial charge in [0.2, 0.25) is 0 Å². The molecule has 0 aromatic heterocycles. The Morgan fingerprint density at radius 3 is 2.52 bits per heavy atom. The average Bonchev–Trinajstić information content (AvgIpc) is 2.57. The van der Waals surface area contributed by atoms with Crippen molar-refractivity contribution in [3.63, 3.8) is 0 Å². The van der Waals surface area contributed by atoms with E-state index in [0.29, 0.717) is 24.9 Å². The molecule has 0 saturated heterocycles. The zero-order valence-electron chi connectivity index (χ0n) is 13.0. The Morgan fingerprint density at radius 2 is 1.83 bits per heavy atom. The number of alkyl carbamates (subject to hydrolysis) is 1. The van der Waals surface area contributed by atoms with E-state index in [1.807, 2.05) is 24.3 Å². The van der Waals surface area contributed by atoms with E-state index >= 15 is 0 Å². The summed E-state index contributed by atoms with van der Waals surface area (Å²) in [4.78, 5) is 11.6. The zero-order valence-corrected chi connectivity index (χ0v) is 13.0. The van der Waals surface area contributed by atoms with E-state index in [1.54, 1.807) is 25.3 Å². The molecule has 2 aromatic carbocycles. The topological polar surface area (TPSA) is 47.6 Å². The van der Waals surface area contributed by atoms with Gasteiger partial charge in [-0.05, 0) is 35.7 Å². The number of hydrogen-bond donors (Lipinski definition) is 1. The van der Waals surface area contributed by atoms with Crippen molar-refractivity contribution in [2.75, 3.05) is 20.3 Å². The fourth-order valence-electron chi connectivity index (χ4n) is 2.11. The van der Waals surface area contributed by atoms with Gasteiger partial charge in [-0.1, -0.05) is 30.3 Å². The maximum atomic E-state index is 13.4. The van der Waals surface area contributed by atoms with Crippen molar-refractivity contribution in [1.29, 1.82) is 0 Å². The van der Waals surface area contributed by atoms with Gasteiger partial charge in [0.15, 0.2) is 0 Å². The lowest BCUT2D eigenvalue weighted by atomic mass is 10.1. The van der Waals surface area contributed by atoms with Gasteiger partial charge in [0.25, 0.3) is 0 Å². The van der Waals surface area contributed by atoms with Crippen LogP contribution in [-0.2, 0) is 17.6 Å². The molecule has 0 aliphatic carbocycles. The Hall–Kier alpha value is -2.56. The molecule has 0 atom stereocenters. The molecule has 0 saturated carbocycles. The van der Waals surface area contributed by atoms with E-state index in [1.165, 1.54) is 6.07 Å². The van der Waals surface area contributed by atoms with Crippen LogP contribution in [0.4, 0.5) is 9.18 Å². The maximum absolute atomic E-state index is 13.4. The summed E-state index contributed by atoms with van der Waals surface area (Å²) in [6, 6.07) is 14.1. The molecule has 122 valence electrons. The van der Waals surface area contributed by atoms with Gasteiger partial charge in [0.1, 0.15) is 11.6 Å². The highest BCUT2D eigenvalue weighted by atomic mass is 19.1. The number of carbonyl (C=O) groups is 1. The van der Waals surface area contributed by atoms with E-state index in [2.05, 4.69) is 5.32 Å². The molecule has 0 unspecified atom stereocenters. The molecule has 1 N–H and O–H groups in total. The number of carbonyl (C=O) groups excluding carboxylic acids is 1. The molecule has 0 radical (unpaired) electrons. The predicted octanol–water partition coefficient (Wildman–Crippen LogP) is 3.35. The summed E-state index contributed by atoms with van der Waals surface area (Å²) in [5.74, 6) is 0.519. The molecule has 23 heavy (non-hydrogen) atoms. The molecule has 0 heterocycles. The molecule has 2 aromatic rings. The van der Waals surface area contributed by atoms with Gasteiger partial charge in [0.05, 0.1) is 13.7 Å². The van der Waals surface area contributed by atoms with Crippen molar-refractivity contribution in [2.45, 2.75) is 12.8 Å². The average molecular weight is 317 g/mol. The molecule has 0 bridgehead atoms. The minimum Gasteiger partial charge on any atom is -0.497 e. The van der Waals surface area contributed by atoms with Gasteiger partial charge >= 0.3 is 6.09 Å². The largest absolute Gasteiger partial charge is 0.497 e. The smallest absolute Gasteiger partial charge is 0.407 e. The van der Waals surface area contributed by atoms with Crippen molar-refractivity contribution < 1.29 is 18.7 Å². The number of nitrogens with one attached hydrogen (secondary N) is 1. The monoisotopic (exact) mass is 317 g/mol. The third-order valence-corrected chi connectivity index (χ3v) is 3.40. The zero-order chi connectivity index (χ0) is 16.5. The molecule has 2 rings (SSSR count). The fourth-order valence-corrected chi connectivity index (χ4v) is 2.11. The highest BCUT2D eigenvalue weighted by molar-refractivity contribution is 5.67. The number of ether oxygens (including phenoxy) is 2. The molecule has 0 aliphatic heterocycles. The lowest BCUT2D eigenvalue weighted by Gasteiger charge is -2.08. The summed E-state index contributed by atoms with van der Waals surface area (Å²) in [6.07, 6.45) is 0.570. The first-order valence-corrected chi connectivity index (χ1v) is 7.46. The lowest BCUT2D eigenvalue weighted by molar-refractivity contribution is 0.147. The normalized spacial score (nSPS) is 10.2. The molecular formula is C18H20FNO3. The van der Waals surface area contributed by atoms with Crippen molar-refractivity contribution in [1.82, 2.24) is 5.32 Å². The van der Waals surface area contributed by atoms with E-state index in [0.717, 1.165) is 11.3 Å². The van der Waals surface area contributed by atoms with Crippen LogP contribution >= 0.6 is 0 Å². The van der Waals surface area contributed by atoms with E-state index in [-0.39, 0.29) is 12.4 Å². The van der Waals surface area contributed by atoms with Gasteiger partial charge in [-0.3, -0.25) is 0 Å². The van der Waals surface area contributed by atoms with Crippen molar-refractivity contribution in [2.24, 2.45) is 0 Å². The Balaban J connectivity index is 1.64. The van der Waals surface area contributed by atoms with Crippen LogP contribution in [0.2, 0.25) is 0 Å². The van der Waals surface area contributed by atoms with Crippen LogP contribution in [0, 0.1) is 5.82 Å². The van der Waals surface area contributed by atoms with Crippen LogP contribution in [0.15, 0.2) is 48.5 Å². The standard InChI is InChI=1S/C18H20FNO3/c1-22-16-8-6-14(7-9-16)10-12-20-18(21)23-13-11-15-4-2-3-5-17(15)19/h2-9H,10-13H2,1H3,(H,20,21). The fraction of sp³-hybridized carbons (Fsp3) is 0.278. The second-order valence-corrected chi connectivity index (χ2v) is 5.00. The first-order valence-electron chi connectivity index (χ1n) is 7.46. The highest BCUT2D eigenvalue weighted by Gasteiger charge is 2.04. The summed E-state index contributed by atoms with van der Waals surface area (Å²) >= 11 is 0. The summed E-state index contributed by atoms with van der Waals surface area (Å²) in [7, 11) is 1.62. The quantitative estimate of drug-likeness (QED) is 0.852. The van der Waals surface area contributed by atoms with Gasteiger partial charge in [0, 0.05) is 13.0 Å². The summed E-state index contributed by atoms with van der Waals surface area (Å²) in [5, 5.41) is 2.67. The third kappa shape index (κ3) is 5.62. The predicted molar refractivity (Wildman–Crippen MR) is 86.2 cm³/mol. The van der Waals surface area contributed by atoms with Crippen LogP contribution in [0.25, 0.3) is 0 Å². The molecule has 1 amide bonds. The number of benzene rings is 2. The highest BCUT2D eigenvalue weighted by Crippen LogP contribution is 2.11. The molecule has 0 spiro atoms. The number of halogens is 1. The van der Waals surface area contributed by atoms with Crippen LogP contribution in [-0.4, -0.2) is 26.4 Å². The maximum Gasteiger partial charge on any atom is 0.407 e. The number of amides is 1. The Bertz CT molecular complexity index is 628. The van der Waals surface area contributed by atoms with Crippen LogP contribution in [0.5, 0.6) is 5.75 Å². The summed E-state index contributed by atoms with van der Waals surface area (Å²) in [6.45, 7) is 0.625. The van der Waals surface area contributed by atoms with Crippen molar-refractivity contribution in [3.8, 4) is 5.75 Å². The Morgan fingerprint density at radius 1 is 1.09 bits per heavy atom. The SMILES string of the molecule is COc1ccc(CCNC(=O)OCCc2ccccc2F)cc1. The second kappa shape index (κ2) is 8.78. The number of hydrogen-bond acceptors (Lipinski definition) is 3. The molecular weight excluding hydrogens is 297 g/mol. The Labute approximate surface area is 135 Å². The van der Waals surface area contributed by atoms with Gasteiger partial charge < -0.3 is 14.8 Å². The molecule has 0 fully saturated rings. The van der Waals surface area contributed by atoms with Crippen LogP contribution in [0.1, 0.15) is 11.1 Å². The summed E-state index contributed by atoms with van der Waals surface area (Å²) < 4.78 is 23.5. The first kappa shape index (κ1) is 16.8. The summed E-state index contributed by atoms with van der Waals surface area (Å²) in [5.41, 5.74) is 1.64. The van der Waals surface area contributed by atoms with Crippen LogP contribution in [0.3, 0.4) is 0 Å². The van der Waals surface area contributed by atoms with Gasteiger partial charge in [-0.15, -0.1) is 0 Å².